The number of ether oxygens (including phenoxy) is 3. The average Bonchev–Trinajstić information content (AvgIpc) is 2.64. The number of hydrogen-bond acceptors (Lipinski definition) is 5. The Bertz CT molecular complexity index is 822. The summed E-state index contributed by atoms with van der Waals surface area (Å²) in [6.07, 6.45) is 1.86. The summed E-state index contributed by atoms with van der Waals surface area (Å²) < 4.78 is 16.6. The second-order valence-corrected chi connectivity index (χ2v) is 6.11. The van der Waals surface area contributed by atoms with Gasteiger partial charge in [0.25, 0.3) is 0 Å². The molecule has 0 fully saturated rings. The molecule has 0 aliphatic carbocycles. The van der Waals surface area contributed by atoms with Gasteiger partial charge in [0, 0.05) is 5.56 Å². The van der Waals surface area contributed by atoms with Gasteiger partial charge in [0.05, 0.1) is 23.8 Å². The molecule has 0 heterocycles. The van der Waals surface area contributed by atoms with E-state index in [0.29, 0.717) is 24.7 Å². The van der Waals surface area contributed by atoms with Crippen molar-refractivity contribution in [2.75, 3.05) is 13.2 Å². The highest BCUT2D eigenvalue weighted by Gasteiger charge is 2.18. The zero-order valence-corrected chi connectivity index (χ0v) is 16.0. The highest BCUT2D eigenvalue weighted by Crippen LogP contribution is 2.37. The van der Waals surface area contributed by atoms with E-state index in [2.05, 4.69) is 6.92 Å². The Morgan fingerprint density at radius 3 is 2.52 bits per heavy atom. The minimum atomic E-state index is -0.639. The number of hydrogen-bond donors (Lipinski definition) is 1. The predicted octanol–water partition coefficient (Wildman–Crippen LogP) is 4.24. The number of halogens is 1. The largest absolute Gasteiger partial charge is 0.490 e. The van der Waals surface area contributed by atoms with Crippen molar-refractivity contribution in [2.45, 2.75) is 26.7 Å². The summed E-state index contributed by atoms with van der Waals surface area (Å²) in [5, 5.41) is 0.259. The summed E-state index contributed by atoms with van der Waals surface area (Å²) in [5.74, 6) is -0.269. The molecule has 6 nitrogen and oxygen atoms in total. The number of carbonyl (C=O) groups excluding carboxylic acids is 2. The maximum Gasteiger partial charge on any atom is 0.343 e. The van der Waals surface area contributed by atoms with E-state index in [4.69, 9.17) is 31.5 Å². The van der Waals surface area contributed by atoms with Crippen LogP contribution in [0.15, 0.2) is 36.4 Å². The van der Waals surface area contributed by atoms with Gasteiger partial charge in [-0.25, -0.2) is 4.79 Å². The van der Waals surface area contributed by atoms with Crippen LogP contribution in [0.25, 0.3) is 0 Å². The van der Waals surface area contributed by atoms with Crippen molar-refractivity contribution in [3.05, 3.63) is 52.5 Å². The molecule has 0 radical (unpaired) electrons. The monoisotopic (exact) mass is 391 g/mol. The Labute approximate surface area is 163 Å². The van der Waals surface area contributed by atoms with Crippen molar-refractivity contribution < 1.29 is 23.8 Å². The fraction of sp³-hybridized carbons (Fsp3) is 0.300. The Morgan fingerprint density at radius 2 is 1.85 bits per heavy atom. The van der Waals surface area contributed by atoms with Crippen LogP contribution in [0.2, 0.25) is 5.02 Å². The molecule has 0 bridgehead atoms. The van der Waals surface area contributed by atoms with Crippen molar-refractivity contribution >= 4 is 23.5 Å². The molecule has 1 amide bonds. The second-order valence-electron chi connectivity index (χ2n) is 5.70. The Balaban J connectivity index is 2.25. The molecule has 27 heavy (non-hydrogen) atoms. The first kappa shape index (κ1) is 20.6. The first-order valence-corrected chi connectivity index (χ1v) is 9.05. The van der Waals surface area contributed by atoms with Crippen LogP contribution >= 0.6 is 11.6 Å². The normalized spacial score (nSPS) is 10.3. The quantitative estimate of drug-likeness (QED) is 0.392. The van der Waals surface area contributed by atoms with Crippen LogP contribution in [-0.4, -0.2) is 25.1 Å². The molecule has 2 rings (SSSR count). The van der Waals surface area contributed by atoms with E-state index in [1.165, 1.54) is 24.3 Å². The van der Waals surface area contributed by atoms with Gasteiger partial charge in [-0.1, -0.05) is 31.0 Å². The molecule has 7 heteroatoms. The summed E-state index contributed by atoms with van der Waals surface area (Å²) in [6, 6.07) is 9.05. The van der Waals surface area contributed by atoms with Gasteiger partial charge in [0.1, 0.15) is 5.75 Å². The third-order valence-corrected chi connectivity index (χ3v) is 3.90. The lowest BCUT2D eigenvalue weighted by Gasteiger charge is -2.15. The van der Waals surface area contributed by atoms with Crippen LogP contribution in [0, 0.1) is 0 Å². The Kier molecular flexibility index (Phi) is 7.49. The van der Waals surface area contributed by atoms with Crippen molar-refractivity contribution in [1.82, 2.24) is 0 Å². The molecule has 0 aliphatic heterocycles. The third-order valence-electron chi connectivity index (χ3n) is 3.62. The smallest absolute Gasteiger partial charge is 0.343 e. The molecule has 2 N–H and O–H groups in total. The lowest BCUT2D eigenvalue weighted by molar-refractivity contribution is 0.0733. The van der Waals surface area contributed by atoms with Gasteiger partial charge in [-0.15, -0.1) is 0 Å². The fourth-order valence-corrected chi connectivity index (χ4v) is 2.55. The van der Waals surface area contributed by atoms with Gasteiger partial charge in [0.15, 0.2) is 11.5 Å². The number of benzene rings is 2. The molecule has 0 atom stereocenters. The lowest BCUT2D eigenvalue weighted by atomic mass is 10.2. The minimum Gasteiger partial charge on any atom is -0.490 e. The Morgan fingerprint density at radius 1 is 1.07 bits per heavy atom. The van der Waals surface area contributed by atoms with Crippen molar-refractivity contribution in [1.29, 1.82) is 0 Å². The molecule has 2 aromatic rings. The molecule has 0 aromatic heterocycles. The van der Waals surface area contributed by atoms with E-state index in [-0.39, 0.29) is 21.9 Å². The summed E-state index contributed by atoms with van der Waals surface area (Å²) in [4.78, 5) is 23.7. The number of amides is 1. The zero-order chi connectivity index (χ0) is 19.8. The van der Waals surface area contributed by atoms with Crippen LogP contribution in [0.3, 0.4) is 0 Å². The molecule has 2 aromatic carbocycles. The van der Waals surface area contributed by atoms with E-state index < -0.39 is 11.9 Å². The number of esters is 1. The van der Waals surface area contributed by atoms with E-state index in [1.807, 2.05) is 6.92 Å². The van der Waals surface area contributed by atoms with Crippen LogP contribution in [-0.2, 0) is 0 Å². The molecule has 0 aliphatic rings. The van der Waals surface area contributed by atoms with E-state index in [1.54, 1.807) is 12.1 Å². The van der Waals surface area contributed by atoms with Crippen LogP contribution in [0.1, 0.15) is 47.4 Å². The number of primary amides is 1. The second kappa shape index (κ2) is 9.83. The van der Waals surface area contributed by atoms with Gasteiger partial charge in [-0.05, 0) is 43.7 Å². The van der Waals surface area contributed by atoms with Crippen LogP contribution in [0.4, 0.5) is 0 Å². The first-order chi connectivity index (χ1) is 13.0. The first-order valence-electron chi connectivity index (χ1n) is 8.67. The zero-order valence-electron chi connectivity index (χ0n) is 15.3. The van der Waals surface area contributed by atoms with Gasteiger partial charge in [-0.3, -0.25) is 4.79 Å². The number of rotatable bonds is 9. The molecule has 0 saturated carbocycles. The van der Waals surface area contributed by atoms with E-state index in [9.17, 15) is 9.59 Å². The SMILES string of the molecule is CCCCOc1c(Cl)cc(C(=O)Oc2cccc(C(N)=O)c2)cc1OCC. The average molecular weight is 392 g/mol. The standard InChI is InChI=1S/C20H22ClNO5/c1-3-5-9-26-18-16(21)11-14(12-17(18)25-4-2)20(24)27-15-8-6-7-13(10-15)19(22)23/h6-8,10-12H,3-5,9H2,1-2H3,(H2,22,23). The summed E-state index contributed by atoms with van der Waals surface area (Å²) >= 11 is 6.29. The third kappa shape index (κ3) is 5.62. The topological polar surface area (TPSA) is 87.9 Å². The molecular weight excluding hydrogens is 370 g/mol. The molecule has 0 saturated heterocycles. The van der Waals surface area contributed by atoms with Gasteiger partial charge in [-0.2, -0.15) is 0 Å². The van der Waals surface area contributed by atoms with Crippen molar-refractivity contribution in [3.63, 3.8) is 0 Å². The molecular formula is C20H22ClNO5. The highest BCUT2D eigenvalue weighted by atomic mass is 35.5. The maximum atomic E-state index is 12.5. The van der Waals surface area contributed by atoms with E-state index in [0.717, 1.165) is 12.8 Å². The van der Waals surface area contributed by atoms with Gasteiger partial charge < -0.3 is 19.9 Å². The number of nitrogens with two attached hydrogens (primary N) is 1. The summed E-state index contributed by atoms with van der Waals surface area (Å²) in [6.45, 7) is 4.77. The molecule has 0 unspecified atom stereocenters. The Hall–Kier alpha value is -2.73. The fourth-order valence-electron chi connectivity index (χ4n) is 2.29. The highest BCUT2D eigenvalue weighted by molar-refractivity contribution is 6.32. The van der Waals surface area contributed by atoms with Gasteiger partial charge >= 0.3 is 5.97 Å². The molecule has 144 valence electrons. The number of carbonyl (C=O) groups is 2. The molecule has 0 spiro atoms. The summed E-state index contributed by atoms with van der Waals surface area (Å²) in [7, 11) is 0. The maximum absolute atomic E-state index is 12.5. The van der Waals surface area contributed by atoms with Gasteiger partial charge in [0.2, 0.25) is 5.91 Å². The minimum absolute atomic E-state index is 0.202. The van der Waals surface area contributed by atoms with Crippen LogP contribution in [0.5, 0.6) is 17.2 Å². The predicted molar refractivity (Wildman–Crippen MR) is 103 cm³/mol. The summed E-state index contributed by atoms with van der Waals surface area (Å²) in [5.41, 5.74) is 5.68. The van der Waals surface area contributed by atoms with Crippen LogP contribution < -0.4 is 19.9 Å². The van der Waals surface area contributed by atoms with Crippen molar-refractivity contribution in [2.24, 2.45) is 5.73 Å². The lowest BCUT2D eigenvalue weighted by Crippen LogP contribution is -2.13. The van der Waals surface area contributed by atoms with Crippen molar-refractivity contribution in [3.8, 4) is 17.2 Å². The van der Waals surface area contributed by atoms with E-state index >= 15 is 0 Å². The number of unbranched alkanes of at least 4 members (excludes halogenated alkanes) is 1.